The van der Waals surface area contributed by atoms with E-state index < -0.39 is 29.6 Å². The molecule has 0 aliphatic rings. The van der Waals surface area contributed by atoms with Gasteiger partial charge in [0.05, 0.1) is 27.9 Å². The molecular formula is C25H26Cl2F3N5O2S. The van der Waals surface area contributed by atoms with Crippen LogP contribution in [0, 0.1) is 5.92 Å². The third-order valence-electron chi connectivity index (χ3n) is 5.37. The summed E-state index contributed by atoms with van der Waals surface area (Å²) in [7, 11) is 0. The lowest BCUT2D eigenvalue weighted by atomic mass is 10.0. The smallest absolute Gasteiger partial charge is 0.342 e. The average molecular weight is 588 g/mol. The van der Waals surface area contributed by atoms with Gasteiger partial charge < -0.3 is 15.2 Å². The predicted octanol–water partition coefficient (Wildman–Crippen LogP) is 6.87. The number of thioether (sulfide) groups is 1. The number of hydrogen-bond acceptors (Lipinski definition) is 5. The number of carbonyl (C=O) groups is 2. The minimum absolute atomic E-state index is 0.0450. The first-order valence-electron chi connectivity index (χ1n) is 11.7. The van der Waals surface area contributed by atoms with Gasteiger partial charge in [-0.2, -0.15) is 13.2 Å². The van der Waals surface area contributed by atoms with E-state index in [2.05, 4.69) is 20.8 Å². The van der Waals surface area contributed by atoms with Crippen LogP contribution < -0.4 is 10.6 Å². The highest BCUT2D eigenvalue weighted by Crippen LogP contribution is 2.31. The number of anilines is 1. The summed E-state index contributed by atoms with van der Waals surface area (Å²) in [6, 6.07) is 8.54. The van der Waals surface area contributed by atoms with Gasteiger partial charge in [-0.25, -0.2) is 0 Å². The van der Waals surface area contributed by atoms with E-state index in [1.165, 1.54) is 18.2 Å². The second-order valence-corrected chi connectivity index (χ2v) is 10.6. The molecule has 1 aromatic heterocycles. The monoisotopic (exact) mass is 587 g/mol. The molecule has 13 heteroatoms. The Morgan fingerprint density at radius 1 is 1.11 bits per heavy atom. The third kappa shape index (κ3) is 7.87. The lowest BCUT2D eigenvalue weighted by Gasteiger charge is -2.21. The number of rotatable bonds is 10. The summed E-state index contributed by atoms with van der Waals surface area (Å²) >= 11 is 13.2. The Kier molecular flexibility index (Phi) is 10.1. The molecule has 0 fully saturated rings. The number of nitrogens with zero attached hydrogens (tertiary/aromatic N) is 3. The van der Waals surface area contributed by atoms with Crippen LogP contribution in [0.15, 0.2) is 47.6 Å². The summed E-state index contributed by atoms with van der Waals surface area (Å²) in [5.74, 6) is -0.267. The van der Waals surface area contributed by atoms with Crippen LogP contribution in [0.4, 0.5) is 18.9 Å². The lowest BCUT2D eigenvalue weighted by Crippen LogP contribution is -2.32. The number of nitrogens with one attached hydrogen (secondary N) is 2. The Labute approximate surface area is 232 Å². The highest BCUT2D eigenvalue weighted by molar-refractivity contribution is 7.99. The molecule has 1 heterocycles. The molecule has 0 bridgehead atoms. The lowest BCUT2D eigenvalue weighted by molar-refractivity contribution is -0.137. The molecule has 38 heavy (non-hydrogen) atoms. The Bertz CT molecular complexity index is 1300. The average Bonchev–Trinajstić information content (AvgIpc) is 3.24. The van der Waals surface area contributed by atoms with Gasteiger partial charge in [0.2, 0.25) is 5.91 Å². The molecule has 204 valence electrons. The van der Waals surface area contributed by atoms with Gasteiger partial charge >= 0.3 is 6.18 Å². The Balaban J connectivity index is 1.73. The van der Waals surface area contributed by atoms with Gasteiger partial charge in [-0.1, -0.05) is 54.9 Å². The summed E-state index contributed by atoms with van der Waals surface area (Å²) in [4.78, 5) is 25.4. The van der Waals surface area contributed by atoms with Crippen molar-refractivity contribution in [3.63, 3.8) is 0 Å². The normalized spacial score (nSPS) is 12.4. The standard InChI is InChI=1S/C25H26Cl2F3N5O2S/c1-4-35-22(20(10-14(2)3)32-23(37)18-9-8-16(26)12-19(18)27)33-34-24(35)38-13-21(36)31-17-7-5-6-15(11-17)25(28,29)30/h5-9,11-12,14,20H,4,10,13H2,1-3H3,(H,31,36)(H,32,37)/t20-/m1/s1. The van der Waals surface area contributed by atoms with Crippen molar-refractivity contribution >= 4 is 52.5 Å². The molecule has 7 nitrogen and oxygen atoms in total. The van der Waals surface area contributed by atoms with E-state index in [1.807, 2.05) is 20.8 Å². The Morgan fingerprint density at radius 2 is 1.84 bits per heavy atom. The summed E-state index contributed by atoms with van der Waals surface area (Å²) in [6.45, 7) is 6.36. The van der Waals surface area contributed by atoms with Crippen LogP contribution in [0.25, 0.3) is 0 Å². The quantitative estimate of drug-likeness (QED) is 0.253. The van der Waals surface area contributed by atoms with Crippen molar-refractivity contribution in [2.75, 3.05) is 11.1 Å². The molecular weight excluding hydrogens is 562 g/mol. The van der Waals surface area contributed by atoms with Crippen LogP contribution in [-0.4, -0.2) is 32.3 Å². The van der Waals surface area contributed by atoms with Gasteiger partial charge in [0.25, 0.3) is 5.91 Å². The molecule has 0 unspecified atom stereocenters. The number of halogens is 5. The fourth-order valence-corrected chi connectivity index (χ4v) is 4.98. The molecule has 0 saturated carbocycles. The van der Waals surface area contributed by atoms with Gasteiger partial charge in [0.15, 0.2) is 11.0 Å². The van der Waals surface area contributed by atoms with E-state index in [0.29, 0.717) is 29.0 Å². The maximum atomic E-state index is 13.0. The van der Waals surface area contributed by atoms with E-state index in [1.54, 1.807) is 16.7 Å². The number of carbonyl (C=O) groups excluding carboxylic acids is 2. The van der Waals surface area contributed by atoms with Crippen LogP contribution in [0.2, 0.25) is 10.0 Å². The minimum Gasteiger partial charge on any atom is -0.342 e. The number of hydrogen-bond donors (Lipinski definition) is 2. The van der Waals surface area contributed by atoms with Crippen LogP contribution in [0.1, 0.15) is 55.0 Å². The number of aromatic nitrogens is 3. The maximum absolute atomic E-state index is 13.0. The Morgan fingerprint density at radius 3 is 2.47 bits per heavy atom. The van der Waals surface area contributed by atoms with E-state index in [4.69, 9.17) is 23.2 Å². The first-order chi connectivity index (χ1) is 17.9. The molecule has 2 aromatic carbocycles. The number of amides is 2. The van der Waals surface area contributed by atoms with Gasteiger partial charge in [-0.15, -0.1) is 10.2 Å². The number of alkyl halides is 3. The van der Waals surface area contributed by atoms with Crippen molar-refractivity contribution in [1.82, 2.24) is 20.1 Å². The van der Waals surface area contributed by atoms with Crippen molar-refractivity contribution in [2.24, 2.45) is 5.92 Å². The fourth-order valence-electron chi connectivity index (χ4n) is 3.67. The van der Waals surface area contributed by atoms with E-state index in [9.17, 15) is 22.8 Å². The molecule has 2 N–H and O–H groups in total. The first-order valence-corrected chi connectivity index (χ1v) is 13.4. The van der Waals surface area contributed by atoms with E-state index in [0.717, 1.165) is 23.9 Å². The number of benzene rings is 2. The first kappa shape index (κ1) is 29.8. The SMILES string of the molecule is CCn1c(SCC(=O)Nc2cccc(C(F)(F)F)c2)nnc1[C@@H](CC(C)C)NC(=O)c1ccc(Cl)cc1Cl. The molecule has 1 atom stereocenters. The second kappa shape index (κ2) is 12.9. The van der Waals surface area contributed by atoms with Crippen molar-refractivity contribution in [1.29, 1.82) is 0 Å². The van der Waals surface area contributed by atoms with Gasteiger partial charge in [-0.3, -0.25) is 9.59 Å². The summed E-state index contributed by atoms with van der Waals surface area (Å²) in [5, 5.41) is 15.0. The van der Waals surface area contributed by atoms with Crippen molar-refractivity contribution in [3.05, 3.63) is 69.5 Å². The molecule has 0 spiro atoms. The molecule has 3 rings (SSSR count). The van der Waals surface area contributed by atoms with E-state index in [-0.39, 0.29) is 27.9 Å². The zero-order chi connectivity index (χ0) is 28.0. The molecule has 2 amide bonds. The maximum Gasteiger partial charge on any atom is 0.416 e. The molecule has 0 saturated heterocycles. The molecule has 0 radical (unpaired) electrons. The van der Waals surface area contributed by atoms with Crippen LogP contribution in [0.5, 0.6) is 0 Å². The van der Waals surface area contributed by atoms with Crippen molar-refractivity contribution in [2.45, 2.75) is 51.1 Å². The summed E-state index contributed by atoms with van der Waals surface area (Å²) < 4.78 is 40.6. The fraction of sp³-hybridized carbons (Fsp3) is 0.360. The minimum atomic E-state index is -4.51. The van der Waals surface area contributed by atoms with Crippen LogP contribution in [-0.2, 0) is 17.5 Å². The van der Waals surface area contributed by atoms with Crippen LogP contribution in [0.3, 0.4) is 0 Å². The zero-order valence-electron chi connectivity index (χ0n) is 20.8. The Hall–Kier alpha value is -2.76. The molecule has 3 aromatic rings. The predicted molar refractivity (Wildman–Crippen MR) is 143 cm³/mol. The molecule has 0 aliphatic heterocycles. The van der Waals surface area contributed by atoms with E-state index >= 15 is 0 Å². The largest absolute Gasteiger partial charge is 0.416 e. The molecule has 0 aliphatic carbocycles. The topological polar surface area (TPSA) is 88.9 Å². The highest BCUT2D eigenvalue weighted by atomic mass is 35.5. The highest BCUT2D eigenvalue weighted by Gasteiger charge is 2.30. The van der Waals surface area contributed by atoms with Crippen LogP contribution >= 0.6 is 35.0 Å². The van der Waals surface area contributed by atoms with Crippen molar-refractivity contribution in [3.8, 4) is 0 Å². The van der Waals surface area contributed by atoms with Gasteiger partial charge in [0, 0.05) is 17.3 Å². The van der Waals surface area contributed by atoms with Gasteiger partial charge in [0.1, 0.15) is 0 Å². The van der Waals surface area contributed by atoms with Gasteiger partial charge in [-0.05, 0) is 55.7 Å². The second-order valence-electron chi connectivity index (χ2n) is 8.78. The zero-order valence-corrected chi connectivity index (χ0v) is 23.1. The summed E-state index contributed by atoms with van der Waals surface area (Å²) in [6.07, 6.45) is -3.94. The summed E-state index contributed by atoms with van der Waals surface area (Å²) in [5.41, 5.74) is -0.534. The van der Waals surface area contributed by atoms with Crippen molar-refractivity contribution < 1.29 is 22.8 Å². The third-order valence-corrected chi connectivity index (χ3v) is 6.88.